The predicted octanol–water partition coefficient (Wildman–Crippen LogP) is 2.96. The molecule has 1 fully saturated rings. The Morgan fingerprint density at radius 2 is 1.58 bits per heavy atom. The van der Waals surface area contributed by atoms with Crippen LogP contribution in [0.5, 0.6) is 0 Å². The van der Waals surface area contributed by atoms with Gasteiger partial charge in [-0.1, -0.05) is 60.7 Å². The molecule has 4 atom stereocenters. The van der Waals surface area contributed by atoms with Gasteiger partial charge in [0.15, 0.2) is 0 Å². The first-order valence-electron chi connectivity index (χ1n) is 15.3. The summed E-state index contributed by atoms with van der Waals surface area (Å²) in [7, 11) is -0.219. The second-order valence-corrected chi connectivity index (χ2v) is 13.9. The van der Waals surface area contributed by atoms with Crippen molar-refractivity contribution in [3.63, 3.8) is 0 Å². The first kappa shape index (κ1) is 34.1. The predicted molar refractivity (Wildman–Crippen MR) is 178 cm³/mol. The maximum atomic E-state index is 13.8. The topological polar surface area (TPSA) is 131 Å². The van der Waals surface area contributed by atoms with Crippen LogP contribution in [0.3, 0.4) is 0 Å². The molecule has 0 saturated carbocycles. The lowest BCUT2D eigenvalue weighted by molar-refractivity contribution is 0.0827. The maximum Gasteiger partial charge on any atom is 0.251 e. The molecule has 0 radical (unpaired) electrons. The van der Waals surface area contributed by atoms with E-state index in [9.17, 15) is 23.1 Å². The number of nitrogens with zero attached hydrogens (tertiary/aromatic N) is 2. The molecule has 242 valence electrons. The molecule has 3 aromatic rings. The van der Waals surface area contributed by atoms with Crippen LogP contribution in [0.4, 0.5) is 5.69 Å². The lowest BCUT2D eigenvalue weighted by Crippen LogP contribution is -2.50. The van der Waals surface area contributed by atoms with E-state index >= 15 is 0 Å². The van der Waals surface area contributed by atoms with Crippen LogP contribution in [0.1, 0.15) is 57.7 Å². The van der Waals surface area contributed by atoms with Gasteiger partial charge in [-0.2, -0.15) is 0 Å². The molecular weight excluding hydrogens is 590 g/mol. The van der Waals surface area contributed by atoms with E-state index in [1.807, 2.05) is 67.6 Å². The van der Waals surface area contributed by atoms with Crippen LogP contribution in [0, 0.1) is 0 Å². The number of hydrogen-bond donors (Lipinski definition) is 4. The molecule has 1 heterocycles. The van der Waals surface area contributed by atoms with Crippen LogP contribution in [0.25, 0.3) is 0 Å². The highest BCUT2D eigenvalue weighted by Crippen LogP contribution is 2.22. The molecule has 1 saturated heterocycles. The van der Waals surface area contributed by atoms with E-state index < -0.39 is 34.0 Å². The Balaban J connectivity index is 1.57. The normalized spacial score (nSPS) is 17.3. The van der Waals surface area contributed by atoms with Gasteiger partial charge >= 0.3 is 0 Å². The molecule has 45 heavy (non-hydrogen) atoms. The molecule has 1 aliphatic rings. The van der Waals surface area contributed by atoms with Gasteiger partial charge in [0.25, 0.3) is 11.8 Å². The number of carbonyl (C=O) groups is 2. The highest BCUT2D eigenvalue weighted by Gasteiger charge is 2.26. The van der Waals surface area contributed by atoms with Crippen LogP contribution in [0.2, 0.25) is 0 Å². The summed E-state index contributed by atoms with van der Waals surface area (Å²) in [5.74, 6) is -0.981. The Labute approximate surface area is 266 Å². The van der Waals surface area contributed by atoms with E-state index in [4.69, 9.17) is 0 Å². The van der Waals surface area contributed by atoms with E-state index in [1.165, 1.54) is 25.2 Å². The van der Waals surface area contributed by atoms with Gasteiger partial charge in [-0.25, -0.2) is 8.42 Å². The highest BCUT2D eigenvalue weighted by atomic mass is 32.2. The molecule has 2 amide bonds. The van der Waals surface area contributed by atoms with E-state index in [0.717, 1.165) is 47.6 Å². The third kappa shape index (κ3) is 9.61. The number of anilines is 1. The molecule has 0 bridgehead atoms. The van der Waals surface area contributed by atoms with Crippen molar-refractivity contribution in [2.24, 2.45) is 0 Å². The summed E-state index contributed by atoms with van der Waals surface area (Å²) in [5.41, 5.74) is 2.26. The molecule has 10 nitrogen and oxygen atoms in total. The standard InChI is InChI=1S/C34H45N5O5S/c1-24(26-14-9-6-10-15-26)36-33(41)27-19-28(21-30(20-27)39(3)45(4,43)44)34(42)37-31(18-25-12-7-5-8-13-25)32(40)23-35-22-29-16-11-17-38(29)2/h5-10,12-15,19-21,24,29,31-32,35,40H,11,16-18,22-23H2,1-4H3,(H,36,41)(H,37,42)/t24-,29-,31+,32-/m1/s1. The maximum absolute atomic E-state index is 13.8. The van der Waals surface area contributed by atoms with Gasteiger partial charge in [-0.05, 0) is 69.1 Å². The Kier molecular flexibility index (Phi) is 11.7. The number of nitrogens with one attached hydrogen (secondary N) is 3. The molecule has 4 rings (SSSR count). The number of hydrogen-bond acceptors (Lipinski definition) is 7. The highest BCUT2D eigenvalue weighted by molar-refractivity contribution is 7.92. The van der Waals surface area contributed by atoms with Crippen molar-refractivity contribution in [2.75, 3.05) is 44.3 Å². The summed E-state index contributed by atoms with van der Waals surface area (Å²) in [5, 5.41) is 20.5. The van der Waals surface area contributed by atoms with E-state index in [1.54, 1.807) is 0 Å². The van der Waals surface area contributed by atoms with Gasteiger partial charge in [-0.3, -0.25) is 13.9 Å². The average Bonchev–Trinajstić information content (AvgIpc) is 3.44. The fourth-order valence-corrected chi connectivity index (χ4v) is 6.02. The third-order valence-corrected chi connectivity index (χ3v) is 9.64. The van der Waals surface area contributed by atoms with Gasteiger partial charge in [0.1, 0.15) is 0 Å². The Morgan fingerprint density at radius 3 is 2.16 bits per heavy atom. The Hall–Kier alpha value is -3.77. The fraction of sp³-hybridized carbons (Fsp3) is 0.412. The lowest BCUT2D eigenvalue weighted by Gasteiger charge is -2.27. The van der Waals surface area contributed by atoms with Gasteiger partial charge in [0, 0.05) is 37.3 Å². The number of aliphatic hydroxyl groups excluding tert-OH is 1. The van der Waals surface area contributed by atoms with Crippen LogP contribution in [0.15, 0.2) is 78.9 Å². The molecule has 0 aliphatic carbocycles. The first-order chi connectivity index (χ1) is 21.4. The van der Waals surface area contributed by atoms with Crippen LogP contribution in [-0.2, 0) is 16.4 Å². The second-order valence-electron chi connectivity index (χ2n) is 11.9. The van der Waals surface area contributed by atoms with Crippen LogP contribution < -0.4 is 20.3 Å². The van der Waals surface area contributed by atoms with E-state index in [-0.39, 0.29) is 29.4 Å². The Morgan fingerprint density at radius 1 is 0.978 bits per heavy atom. The minimum absolute atomic E-state index is 0.103. The number of carbonyl (C=O) groups excluding carboxylic acids is 2. The average molecular weight is 636 g/mol. The summed E-state index contributed by atoms with van der Waals surface area (Å²) in [6.45, 7) is 3.92. The summed E-state index contributed by atoms with van der Waals surface area (Å²) in [4.78, 5) is 29.5. The summed E-state index contributed by atoms with van der Waals surface area (Å²) in [6, 6.07) is 22.8. The van der Waals surface area contributed by atoms with Crippen molar-refractivity contribution < 1.29 is 23.1 Å². The van der Waals surface area contributed by atoms with Gasteiger partial charge < -0.3 is 26.0 Å². The van der Waals surface area contributed by atoms with Crippen molar-refractivity contribution in [1.82, 2.24) is 20.9 Å². The zero-order chi connectivity index (χ0) is 32.6. The fourth-order valence-electron chi connectivity index (χ4n) is 5.53. The van der Waals surface area contributed by atoms with E-state index in [0.29, 0.717) is 12.5 Å². The van der Waals surface area contributed by atoms with Crippen molar-refractivity contribution in [3.05, 3.63) is 101 Å². The van der Waals surface area contributed by atoms with Crippen molar-refractivity contribution in [3.8, 4) is 0 Å². The molecule has 0 aromatic heterocycles. The molecule has 0 unspecified atom stereocenters. The second kappa shape index (κ2) is 15.5. The number of likely N-dealkylation sites (N-methyl/N-ethyl adjacent to an activating group) is 1. The Bertz CT molecular complexity index is 1540. The molecule has 3 aromatic carbocycles. The smallest absolute Gasteiger partial charge is 0.251 e. The summed E-state index contributed by atoms with van der Waals surface area (Å²) in [6.07, 6.45) is 2.78. The van der Waals surface area contributed by atoms with Crippen LogP contribution in [-0.4, -0.2) is 88.4 Å². The largest absolute Gasteiger partial charge is 0.390 e. The number of aliphatic hydroxyl groups is 1. The van der Waals surface area contributed by atoms with Crippen molar-refractivity contribution >= 4 is 27.5 Å². The molecule has 1 aliphatic heterocycles. The molecule has 0 spiro atoms. The zero-order valence-electron chi connectivity index (χ0n) is 26.4. The number of amides is 2. The number of likely N-dealkylation sites (tertiary alicyclic amines) is 1. The van der Waals surface area contributed by atoms with Gasteiger partial charge in [0.05, 0.1) is 30.1 Å². The molecular formula is C34H45N5O5S. The van der Waals surface area contributed by atoms with E-state index in [2.05, 4.69) is 27.9 Å². The summed E-state index contributed by atoms with van der Waals surface area (Å²) < 4.78 is 25.9. The van der Waals surface area contributed by atoms with Crippen molar-refractivity contribution in [2.45, 2.75) is 50.4 Å². The SMILES string of the molecule is C[C@@H](NC(=O)c1cc(C(=O)N[C@@H](Cc2ccccc2)[C@H](O)CNC[C@H]2CCCN2C)cc(N(C)S(C)(=O)=O)c1)c1ccccc1. The van der Waals surface area contributed by atoms with Crippen LogP contribution >= 0.6 is 0 Å². The number of sulfonamides is 1. The summed E-state index contributed by atoms with van der Waals surface area (Å²) >= 11 is 0. The first-order valence-corrected chi connectivity index (χ1v) is 17.2. The zero-order valence-corrected chi connectivity index (χ0v) is 27.3. The third-order valence-electron chi connectivity index (χ3n) is 8.43. The monoisotopic (exact) mass is 635 g/mol. The van der Waals surface area contributed by atoms with Crippen molar-refractivity contribution in [1.29, 1.82) is 0 Å². The number of rotatable bonds is 14. The minimum Gasteiger partial charge on any atom is -0.390 e. The van der Waals surface area contributed by atoms with Gasteiger partial charge in [0.2, 0.25) is 10.0 Å². The van der Waals surface area contributed by atoms with Gasteiger partial charge in [-0.15, -0.1) is 0 Å². The molecule has 4 N–H and O–H groups in total. The minimum atomic E-state index is -3.69. The lowest BCUT2D eigenvalue weighted by atomic mass is 9.99. The number of benzene rings is 3. The molecule has 11 heteroatoms. The quantitative estimate of drug-likeness (QED) is 0.214.